The number of nitrogens with one attached hydrogen (secondary N) is 1. The lowest BCUT2D eigenvalue weighted by Crippen LogP contribution is -2.40. The van der Waals surface area contributed by atoms with E-state index >= 15 is 0 Å². The van der Waals surface area contributed by atoms with Gasteiger partial charge in [0.15, 0.2) is 0 Å². The first kappa shape index (κ1) is 16.2. The maximum Gasteiger partial charge on any atom is 0.0233 e. The molecule has 0 fully saturated rings. The predicted octanol–water partition coefficient (Wildman–Crippen LogP) is 3.45. The van der Waals surface area contributed by atoms with Gasteiger partial charge in [-0.15, -0.1) is 0 Å². The summed E-state index contributed by atoms with van der Waals surface area (Å²) < 4.78 is 0. The van der Waals surface area contributed by atoms with Crippen LogP contribution in [0, 0.1) is 12.3 Å². The van der Waals surface area contributed by atoms with Gasteiger partial charge >= 0.3 is 0 Å². The highest BCUT2D eigenvalue weighted by atomic mass is 15.1. The van der Waals surface area contributed by atoms with Crippen molar-refractivity contribution >= 4 is 0 Å². The first-order valence-electron chi connectivity index (χ1n) is 7.44. The maximum absolute atomic E-state index is 3.49. The predicted molar refractivity (Wildman–Crippen MR) is 84.5 cm³/mol. The molecule has 0 aliphatic heterocycles. The lowest BCUT2D eigenvalue weighted by molar-refractivity contribution is 0.176. The topological polar surface area (TPSA) is 15.3 Å². The third-order valence-corrected chi connectivity index (χ3v) is 4.01. The van der Waals surface area contributed by atoms with Crippen molar-refractivity contribution in [3.63, 3.8) is 0 Å². The second-order valence-electron chi connectivity index (χ2n) is 6.04. The first-order valence-corrected chi connectivity index (χ1v) is 7.44. The van der Waals surface area contributed by atoms with Crippen LogP contribution in [-0.4, -0.2) is 31.6 Å². The number of benzene rings is 1. The monoisotopic (exact) mass is 262 g/mol. The van der Waals surface area contributed by atoms with E-state index < -0.39 is 0 Å². The van der Waals surface area contributed by atoms with E-state index in [9.17, 15) is 0 Å². The molecular formula is C17H30N2. The molecule has 0 saturated heterocycles. The van der Waals surface area contributed by atoms with Crippen LogP contribution in [0.25, 0.3) is 0 Å². The van der Waals surface area contributed by atoms with Crippen molar-refractivity contribution in [3.8, 4) is 0 Å². The van der Waals surface area contributed by atoms with E-state index in [4.69, 9.17) is 0 Å². The average molecular weight is 262 g/mol. The van der Waals surface area contributed by atoms with Gasteiger partial charge in [0.05, 0.1) is 0 Å². The molecule has 0 heterocycles. The Kier molecular flexibility index (Phi) is 6.53. The highest BCUT2D eigenvalue weighted by molar-refractivity contribution is 5.25. The second kappa shape index (κ2) is 7.66. The Balaban J connectivity index is 2.58. The molecular weight excluding hydrogens is 232 g/mol. The standard InChI is InChI=1S/C17H30N2/c1-6-17(4,13-18-7-2)14-19(5)12-16-11-9-8-10-15(16)3/h8-11,18H,6-7,12-14H2,1-5H3. The summed E-state index contributed by atoms with van der Waals surface area (Å²) in [6.07, 6.45) is 1.21. The van der Waals surface area contributed by atoms with Crippen LogP contribution in [0.2, 0.25) is 0 Å². The highest BCUT2D eigenvalue weighted by Gasteiger charge is 2.23. The van der Waals surface area contributed by atoms with E-state index in [0.29, 0.717) is 5.41 Å². The van der Waals surface area contributed by atoms with Crippen molar-refractivity contribution in [1.82, 2.24) is 10.2 Å². The molecule has 2 nitrogen and oxygen atoms in total. The second-order valence-corrected chi connectivity index (χ2v) is 6.04. The minimum absolute atomic E-state index is 0.355. The van der Waals surface area contributed by atoms with Crippen LogP contribution in [0.5, 0.6) is 0 Å². The van der Waals surface area contributed by atoms with Crippen LogP contribution in [-0.2, 0) is 6.54 Å². The van der Waals surface area contributed by atoms with Gasteiger partial charge in [-0.1, -0.05) is 45.0 Å². The van der Waals surface area contributed by atoms with E-state index in [1.54, 1.807) is 0 Å². The molecule has 108 valence electrons. The van der Waals surface area contributed by atoms with Crippen molar-refractivity contribution in [3.05, 3.63) is 35.4 Å². The smallest absolute Gasteiger partial charge is 0.0233 e. The van der Waals surface area contributed by atoms with Crippen LogP contribution in [0.3, 0.4) is 0 Å². The summed E-state index contributed by atoms with van der Waals surface area (Å²) in [7, 11) is 2.23. The third kappa shape index (κ3) is 5.33. The molecule has 1 atom stereocenters. The lowest BCUT2D eigenvalue weighted by Gasteiger charge is -2.33. The van der Waals surface area contributed by atoms with Gasteiger partial charge < -0.3 is 10.2 Å². The lowest BCUT2D eigenvalue weighted by atomic mass is 9.86. The highest BCUT2D eigenvalue weighted by Crippen LogP contribution is 2.22. The number of hydrogen-bond acceptors (Lipinski definition) is 2. The molecule has 0 aromatic heterocycles. The molecule has 2 heteroatoms. The number of rotatable bonds is 8. The van der Waals surface area contributed by atoms with Crippen LogP contribution < -0.4 is 5.32 Å². The molecule has 0 amide bonds. The minimum atomic E-state index is 0.355. The zero-order valence-electron chi connectivity index (χ0n) is 13.3. The molecule has 19 heavy (non-hydrogen) atoms. The SMILES string of the molecule is CCNCC(C)(CC)CN(C)Cc1ccccc1C. The fourth-order valence-electron chi connectivity index (χ4n) is 2.51. The average Bonchev–Trinajstić information content (AvgIpc) is 2.39. The van der Waals surface area contributed by atoms with Gasteiger partial charge in [0.1, 0.15) is 0 Å². The summed E-state index contributed by atoms with van der Waals surface area (Å²) in [4.78, 5) is 2.45. The van der Waals surface area contributed by atoms with Crippen molar-refractivity contribution in [1.29, 1.82) is 0 Å². The molecule has 1 aromatic carbocycles. The van der Waals surface area contributed by atoms with Crippen LogP contribution in [0.1, 0.15) is 38.3 Å². The summed E-state index contributed by atoms with van der Waals surface area (Å²) in [6.45, 7) is 13.4. The van der Waals surface area contributed by atoms with Crippen LogP contribution >= 0.6 is 0 Å². The van der Waals surface area contributed by atoms with E-state index in [0.717, 1.165) is 26.2 Å². The van der Waals surface area contributed by atoms with Crippen molar-refractivity contribution in [2.24, 2.45) is 5.41 Å². The molecule has 1 unspecified atom stereocenters. The molecule has 1 rings (SSSR count). The Morgan fingerprint density at radius 1 is 1.21 bits per heavy atom. The molecule has 0 bridgehead atoms. The van der Waals surface area contributed by atoms with Crippen molar-refractivity contribution < 1.29 is 0 Å². The Morgan fingerprint density at radius 2 is 1.89 bits per heavy atom. The Hall–Kier alpha value is -0.860. The summed E-state index contributed by atoms with van der Waals surface area (Å²) in [5.41, 5.74) is 3.18. The largest absolute Gasteiger partial charge is 0.316 e. The maximum atomic E-state index is 3.49. The number of hydrogen-bond donors (Lipinski definition) is 1. The van der Waals surface area contributed by atoms with Gasteiger partial charge in [0.2, 0.25) is 0 Å². The zero-order valence-corrected chi connectivity index (χ0v) is 13.3. The fourth-order valence-corrected chi connectivity index (χ4v) is 2.51. The third-order valence-electron chi connectivity index (χ3n) is 4.01. The van der Waals surface area contributed by atoms with Gasteiger partial charge in [0.25, 0.3) is 0 Å². The summed E-state index contributed by atoms with van der Waals surface area (Å²) in [5.74, 6) is 0. The number of nitrogens with zero attached hydrogens (tertiary/aromatic N) is 1. The first-order chi connectivity index (χ1) is 9.00. The minimum Gasteiger partial charge on any atom is -0.316 e. The fraction of sp³-hybridized carbons (Fsp3) is 0.647. The quantitative estimate of drug-likeness (QED) is 0.772. The summed E-state index contributed by atoms with van der Waals surface area (Å²) in [5, 5.41) is 3.49. The summed E-state index contributed by atoms with van der Waals surface area (Å²) >= 11 is 0. The number of aryl methyl sites for hydroxylation is 1. The van der Waals surface area contributed by atoms with Gasteiger partial charge in [-0.05, 0) is 43.5 Å². The van der Waals surface area contributed by atoms with Crippen molar-refractivity contribution in [2.45, 2.75) is 40.7 Å². The van der Waals surface area contributed by atoms with E-state index in [1.165, 1.54) is 17.5 Å². The van der Waals surface area contributed by atoms with Gasteiger partial charge in [-0.2, -0.15) is 0 Å². The van der Waals surface area contributed by atoms with Crippen molar-refractivity contribution in [2.75, 3.05) is 26.7 Å². The van der Waals surface area contributed by atoms with E-state index in [2.05, 4.69) is 69.2 Å². The molecule has 0 aliphatic rings. The molecule has 1 aromatic rings. The van der Waals surface area contributed by atoms with Crippen LogP contribution in [0.15, 0.2) is 24.3 Å². The molecule has 0 saturated carbocycles. The molecule has 1 N–H and O–H groups in total. The molecule has 0 aliphatic carbocycles. The van der Waals surface area contributed by atoms with Gasteiger partial charge in [-0.25, -0.2) is 0 Å². The Bertz CT molecular complexity index is 375. The van der Waals surface area contributed by atoms with Gasteiger partial charge in [-0.3, -0.25) is 0 Å². The van der Waals surface area contributed by atoms with Crippen LogP contribution in [0.4, 0.5) is 0 Å². The molecule has 0 radical (unpaired) electrons. The Labute approximate surface area is 119 Å². The van der Waals surface area contributed by atoms with E-state index in [1.807, 2.05) is 0 Å². The Morgan fingerprint density at radius 3 is 2.47 bits per heavy atom. The van der Waals surface area contributed by atoms with Gasteiger partial charge in [0, 0.05) is 19.6 Å². The normalized spacial score (nSPS) is 14.6. The van der Waals surface area contributed by atoms with E-state index in [-0.39, 0.29) is 0 Å². The summed E-state index contributed by atoms with van der Waals surface area (Å²) in [6, 6.07) is 8.67. The molecule has 0 spiro atoms. The zero-order chi connectivity index (χ0) is 14.3.